The van der Waals surface area contributed by atoms with Crippen molar-refractivity contribution < 1.29 is 9.90 Å². The fraction of sp³-hybridized carbons (Fsp3) is 0.636. The van der Waals surface area contributed by atoms with E-state index in [1.807, 2.05) is 0 Å². The Morgan fingerprint density at radius 1 is 1.56 bits per heavy atom. The molecule has 0 aliphatic carbocycles. The van der Waals surface area contributed by atoms with Crippen molar-refractivity contribution in [3.63, 3.8) is 0 Å². The molecule has 7 heteroatoms. The zero-order chi connectivity index (χ0) is 13.3. The Balaban J connectivity index is 2.10. The molecule has 0 spiro atoms. The van der Waals surface area contributed by atoms with Crippen LogP contribution in [-0.4, -0.2) is 46.6 Å². The summed E-state index contributed by atoms with van der Waals surface area (Å²) in [5.41, 5.74) is 5.08. The van der Waals surface area contributed by atoms with Crippen LogP contribution in [0.5, 0.6) is 0 Å². The normalized spacial score (nSPS) is 18.7. The van der Waals surface area contributed by atoms with Gasteiger partial charge in [0.15, 0.2) is 5.13 Å². The molecular weight excluding hydrogens is 252 g/mol. The highest BCUT2D eigenvalue weighted by atomic mass is 32.1. The number of nitrogens with zero attached hydrogens (tertiary/aromatic N) is 2. The van der Waals surface area contributed by atoms with Gasteiger partial charge >= 0.3 is 0 Å². The summed E-state index contributed by atoms with van der Waals surface area (Å²) < 4.78 is 0. The van der Waals surface area contributed by atoms with Gasteiger partial charge in [0.25, 0.3) is 5.91 Å². The Hall–Kier alpha value is -1.34. The number of likely N-dealkylation sites (tertiary alicyclic amines) is 1. The SMILES string of the molecule is CNc1nc(N)c(C(=O)N2CCC(C)(O)CC2)s1. The van der Waals surface area contributed by atoms with E-state index in [1.165, 1.54) is 11.3 Å². The molecule has 0 unspecified atom stereocenters. The quantitative estimate of drug-likeness (QED) is 0.738. The maximum Gasteiger partial charge on any atom is 0.267 e. The van der Waals surface area contributed by atoms with E-state index in [9.17, 15) is 9.90 Å². The molecule has 18 heavy (non-hydrogen) atoms. The van der Waals surface area contributed by atoms with Crippen molar-refractivity contribution in [1.29, 1.82) is 0 Å². The number of thiazole rings is 1. The number of nitrogens with two attached hydrogens (primary N) is 1. The summed E-state index contributed by atoms with van der Waals surface area (Å²) in [6.45, 7) is 2.91. The number of anilines is 2. The van der Waals surface area contributed by atoms with Crippen LogP contribution < -0.4 is 11.1 Å². The molecule has 1 fully saturated rings. The van der Waals surface area contributed by atoms with E-state index in [0.717, 1.165) is 0 Å². The minimum atomic E-state index is -0.661. The number of nitrogen functional groups attached to an aromatic ring is 1. The first-order valence-electron chi connectivity index (χ1n) is 5.89. The Kier molecular flexibility index (Phi) is 3.45. The highest BCUT2D eigenvalue weighted by Crippen LogP contribution is 2.28. The van der Waals surface area contributed by atoms with Gasteiger partial charge < -0.3 is 21.1 Å². The second-order valence-corrected chi connectivity index (χ2v) is 5.77. The van der Waals surface area contributed by atoms with E-state index in [0.29, 0.717) is 35.9 Å². The van der Waals surface area contributed by atoms with Crippen molar-refractivity contribution in [2.45, 2.75) is 25.4 Å². The van der Waals surface area contributed by atoms with Crippen molar-refractivity contribution >= 4 is 28.2 Å². The summed E-state index contributed by atoms with van der Waals surface area (Å²) in [6.07, 6.45) is 1.19. The van der Waals surface area contributed by atoms with Gasteiger partial charge in [0.2, 0.25) is 0 Å². The summed E-state index contributed by atoms with van der Waals surface area (Å²) in [6, 6.07) is 0. The fourth-order valence-electron chi connectivity index (χ4n) is 1.93. The molecule has 0 bridgehead atoms. The van der Waals surface area contributed by atoms with Gasteiger partial charge in [-0.1, -0.05) is 11.3 Å². The minimum Gasteiger partial charge on any atom is -0.390 e. The topological polar surface area (TPSA) is 91.5 Å². The first-order chi connectivity index (χ1) is 8.43. The average molecular weight is 270 g/mol. The minimum absolute atomic E-state index is 0.0954. The number of amides is 1. The van der Waals surface area contributed by atoms with E-state index in [2.05, 4.69) is 10.3 Å². The molecular formula is C11H18N4O2S. The van der Waals surface area contributed by atoms with Crippen molar-refractivity contribution in [3.05, 3.63) is 4.88 Å². The number of aliphatic hydroxyl groups is 1. The Morgan fingerprint density at radius 2 is 2.17 bits per heavy atom. The fourth-order valence-corrected chi connectivity index (χ4v) is 2.73. The summed E-state index contributed by atoms with van der Waals surface area (Å²) in [7, 11) is 1.74. The first-order valence-corrected chi connectivity index (χ1v) is 6.70. The average Bonchev–Trinajstić information content (AvgIpc) is 2.70. The van der Waals surface area contributed by atoms with Crippen LogP contribution in [0.3, 0.4) is 0 Å². The highest BCUT2D eigenvalue weighted by Gasteiger charge is 2.31. The third-order valence-electron chi connectivity index (χ3n) is 3.19. The predicted molar refractivity (Wildman–Crippen MR) is 71.8 cm³/mol. The van der Waals surface area contributed by atoms with Gasteiger partial charge in [0.05, 0.1) is 5.60 Å². The number of piperidine rings is 1. The maximum absolute atomic E-state index is 12.3. The highest BCUT2D eigenvalue weighted by molar-refractivity contribution is 7.18. The van der Waals surface area contributed by atoms with Crippen LogP contribution in [0.25, 0.3) is 0 Å². The predicted octanol–water partition coefficient (Wildman–Crippen LogP) is 0.754. The van der Waals surface area contributed by atoms with Crippen molar-refractivity contribution in [1.82, 2.24) is 9.88 Å². The molecule has 0 atom stereocenters. The zero-order valence-electron chi connectivity index (χ0n) is 10.6. The maximum atomic E-state index is 12.3. The number of nitrogens with one attached hydrogen (secondary N) is 1. The van der Waals surface area contributed by atoms with Gasteiger partial charge in [0.1, 0.15) is 10.7 Å². The third kappa shape index (κ3) is 2.56. The third-order valence-corrected chi connectivity index (χ3v) is 4.27. The molecule has 4 N–H and O–H groups in total. The van der Waals surface area contributed by atoms with E-state index in [1.54, 1.807) is 18.9 Å². The number of carbonyl (C=O) groups excluding carboxylic acids is 1. The van der Waals surface area contributed by atoms with Gasteiger partial charge in [-0.25, -0.2) is 4.98 Å². The monoisotopic (exact) mass is 270 g/mol. The molecule has 6 nitrogen and oxygen atoms in total. The van der Waals surface area contributed by atoms with Crippen LogP contribution in [0.1, 0.15) is 29.4 Å². The van der Waals surface area contributed by atoms with Crippen molar-refractivity contribution in [2.24, 2.45) is 0 Å². The van der Waals surface area contributed by atoms with E-state index in [-0.39, 0.29) is 11.7 Å². The van der Waals surface area contributed by atoms with E-state index in [4.69, 9.17) is 5.73 Å². The first kappa shape index (κ1) is 13.1. The van der Waals surface area contributed by atoms with Crippen LogP contribution in [0.15, 0.2) is 0 Å². The van der Waals surface area contributed by atoms with Crippen LogP contribution in [-0.2, 0) is 0 Å². The zero-order valence-corrected chi connectivity index (χ0v) is 11.4. The molecule has 1 aliphatic heterocycles. The van der Waals surface area contributed by atoms with Gasteiger partial charge in [-0.2, -0.15) is 0 Å². The lowest BCUT2D eigenvalue weighted by Crippen LogP contribution is -2.45. The molecule has 1 aromatic rings. The van der Waals surface area contributed by atoms with Crippen molar-refractivity contribution in [2.75, 3.05) is 31.2 Å². The van der Waals surface area contributed by atoms with E-state index >= 15 is 0 Å². The molecule has 2 heterocycles. The van der Waals surface area contributed by atoms with Gasteiger partial charge in [-0.15, -0.1) is 0 Å². The van der Waals surface area contributed by atoms with Crippen molar-refractivity contribution in [3.8, 4) is 0 Å². The molecule has 1 aliphatic rings. The molecule has 0 saturated carbocycles. The molecule has 1 aromatic heterocycles. The second kappa shape index (κ2) is 4.74. The Morgan fingerprint density at radius 3 is 2.67 bits per heavy atom. The van der Waals surface area contributed by atoms with Crippen LogP contribution >= 0.6 is 11.3 Å². The van der Waals surface area contributed by atoms with Crippen LogP contribution in [0, 0.1) is 0 Å². The van der Waals surface area contributed by atoms with Gasteiger partial charge in [0, 0.05) is 20.1 Å². The van der Waals surface area contributed by atoms with Gasteiger partial charge in [-0.05, 0) is 19.8 Å². The smallest absolute Gasteiger partial charge is 0.267 e. The largest absolute Gasteiger partial charge is 0.390 e. The number of rotatable bonds is 2. The molecule has 100 valence electrons. The molecule has 0 radical (unpaired) electrons. The second-order valence-electron chi connectivity index (χ2n) is 4.77. The lowest BCUT2D eigenvalue weighted by molar-refractivity contribution is -0.00185. The molecule has 2 rings (SSSR count). The lowest BCUT2D eigenvalue weighted by Gasteiger charge is -2.35. The summed E-state index contributed by atoms with van der Waals surface area (Å²) in [5.74, 6) is 0.175. The lowest BCUT2D eigenvalue weighted by atomic mass is 9.94. The van der Waals surface area contributed by atoms with Crippen LogP contribution in [0.4, 0.5) is 10.9 Å². The molecule has 1 amide bonds. The molecule has 1 saturated heterocycles. The number of hydrogen-bond donors (Lipinski definition) is 3. The summed E-state index contributed by atoms with van der Waals surface area (Å²) in [4.78, 5) is 18.5. The summed E-state index contributed by atoms with van der Waals surface area (Å²) >= 11 is 1.26. The Bertz CT molecular complexity index is 448. The standard InChI is InChI=1S/C11H18N4O2S/c1-11(17)3-5-15(6-4-11)9(16)7-8(12)14-10(13-2)18-7/h17H,3-6,12H2,1-2H3,(H,13,14). The van der Waals surface area contributed by atoms with Gasteiger partial charge in [-0.3, -0.25) is 4.79 Å². The summed E-state index contributed by atoms with van der Waals surface area (Å²) in [5, 5.41) is 13.4. The number of hydrogen-bond acceptors (Lipinski definition) is 6. The number of carbonyl (C=O) groups is 1. The molecule has 0 aromatic carbocycles. The Labute approximate surface area is 110 Å². The van der Waals surface area contributed by atoms with E-state index < -0.39 is 5.60 Å². The van der Waals surface area contributed by atoms with Crippen LogP contribution in [0.2, 0.25) is 0 Å². The number of aromatic nitrogens is 1.